The standard InChI is InChI=1S/C66H77N13O17S2/c67-43(25-35-9-3-1-4-10-35)57(86)72-46(26-36-11-5-2-6-12-36)61(90)78-52(33-97)64(93)71-45(23-24-54(68)82)58(87)73-47(27-37-15-19-40(80)20-16-37)59(88)75-49(29-39-32-70-44-14-8-7-13-42(39)44)62(91)74-48(28-38-17-21-41(81)22-18-38)60(89)76-50(30-55(69)83)63(92)79-53(34-98)65(94)77-51(66(95)96)31-56(84)85/h1-22,32,43,45-53,70,80-81,97-98H,23-31,33-34,67H2,(H2,68,82)(H2,69,83)(H,71,93)(H,72,86)(H,73,87)(H,74,91)(H,75,88)(H,76,89)(H,77,94)(H,78,90)(H,79,92)(H,84,85)(H,95,96)/t43-,45-,46-,47-,48-,49-,50-,51-,52-,53-/m0/s1. The Bertz CT molecular complexity index is 3810. The van der Waals surface area contributed by atoms with E-state index in [1.54, 1.807) is 91.1 Å². The second-order valence-electron chi connectivity index (χ2n) is 22.8. The van der Waals surface area contributed by atoms with Gasteiger partial charge in [-0.05, 0) is 71.0 Å². The molecule has 6 rings (SSSR count). The highest BCUT2D eigenvalue weighted by atomic mass is 32.1. The number of para-hydroxylation sites is 1. The maximum Gasteiger partial charge on any atom is 0.326 e. The highest BCUT2D eigenvalue weighted by molar-refractivity contribution is 7.80. The van der Waals surface area contributed by atoms with Gasteiger partial charge in [0.25, 0.3) is 0 Å². The van der Waals surface area contributed by atoms with Crippen LogP contribution in [-0.2, 0) is 94.4 Å². The van der Waals surface area contributed by atoms with Crippen molar-refractivity contribution in [1.29, 1.82) is 0 Å². The number of primary amides is 2. The average molecular weight is 1390 g/mol. The van der Waals surface area contributed by atoms with E-state index in [2.05, 4.69) is 72.8 Å². The van der Waals surface area contributed by atoms with Crippen LogP contribution in [0.2, 0.25) is 0 Å². The number of aliphatic carboxylic acids is 2. The van der Waals surface area contributed by atoms with Gasteiger partial charge in [-0.15, -0.1) is 0 Å². The zero-order valence-corrected chi connectivity index (χ0v) is 54.3. The minimum atomic E-state index is -1.95. The first kappa shape index (κ1) is 76.0. The number of aromatic hydroxyl groups is 2. The van der Waals surface area contributed by atoms with E-state index in [9.17, 15) is 73.2 Å². The maximum atomic E-state index is 15.1. The summed E-state index contributed by atoms with van der Waals surface area (Å²) in [6.45, 7) is 0. The molecule has 32 heteroatoms. The lowest BCUT2D eigenvalue weighted by molar-refractivity contribution is -0.147. The summed E-state index contributed by atoms with van der Waals surface area (Å²) in [6, 6.07) is 19.0. The summed E-state index contributed by atoms with van der Waals surface area (Å²) < 4.78 is 0. The first-order chi connectivity index (χ1) is 46.7. The Kier molecular flexibility index (Phi) is 29.0. The van der Waals surface area contributed by atoms with E-state index in [1.165, 1.54) is 48.5 Å². The Labute approximate surface area is 572 Å². The number of fused-ring (bicyclic) bond motifs is 1. The van der Waals surface area contributed by atoms with Crippen molar-refractivity contribution in [3.8, 4) is 11.5 Å². The molecule has 0 spiro atoms. The number of amides is 11. The Balaban J connectivity index is 1.29. The topological polar surface area (TPSA) is 505 Å². The van der Waals surface area contributed by atoms with Gasteiger partial charge in [0.05, 0.1) is 18.9 Å². The number of phenolic OH excluding ortho intramolecular Hbond substituents is 2. The van der Waals surface area contributed by atoms with Gasteiger partial charge in [0.1, 0.15) is 65.9 Å². The number of carboxylic acid groups (broad SMARTS) is 2. The van der Waals surface area contributed by atoms with Gasteiger partial charge in [-0.3, -0.25) is 57.5 Å². The third-order valence-corrected chi connectivity index (χ3v) is 16.0. The van der Waals surface area contributed by atoms with Crippen molar-refractivity contribution in [1.82, 2.24) is 52.8 Å². The van der Waals surface area contributed by atoms with Crippen LogP contribution in [0.3, 0.4) is 0 Å². The fourth-order valence-electron chi connectivity index (χ4n) is 10.1. The number of carbonyl (C=O) groups is 13. The van der Waals surface area contributed by atoms with Crippen LogP contribution in [0.1, 0.15) is 53.5 Å². The SMILES string of the molecule is NC(=O)CC[C@H](NC(=O)[C@H](CS)NC(=O)[C@H](Cc1ccccc1)NC(=O)[C@@H](N)Cc1ccccc1)C(=O)N[C@@H](Cc1ccc(O)cc1)C(=O)N[C@@H](Cc1c[nH]c2ccccc12)C(=O)N[C@@H](Cc1ccc(O)cc1)C(=O)N[C@@H](CC(N)=O)C(=O)N[C@@H](CS)C(=O)N[C@@H](CC(=O)O)C(=O)O. The molecule has 0 fully saturated rings. The number of rotatable bonds is 38. The van der Waals surface area contributed by atoms with Crippen molar-refractivity contribution in [2.75, 3.05) is 11.5 Å². The molecule has 98 heavy (non-hydrogen) atoms. The number of phenols is 2. The zero-order valence-electron chi connectivity index (χ0n) is 52.6. The molecule has 20 N–H and O–H groups in total. The van der Waals surface area contributed by atoms with Gasteiger partial charge in [-0.2, -0.15) is 25.3 Å². The van der Waals surface area contributed by atoms with Crippen LogP contribution >= 0.6 is 25.3 Å². The van der Waals surface area contributed by atoms with Gasteiger partial charge in [-0.1, -0.05) is 103 Å². The third-order valence-electron chi connectivity index (χ3n) is 15.3. The van der Waals surface area contributed by atoms with Gasteiger partial charge in [-0.25, -0.2) is 4.79 Å². The van der Waals surface area contributed by atoms with E-state index in [-0.39, 0.29) is 42.9 Å². The summed E-state index contributed by atoms with van der Waals surface area (Å²) in [5.74, 6) is -15.9. The van der Waals surface area contributed by atoms with Gasteiger partial charge in [0, 0.05) is 60.7 Å². The first-order valence-corrected chi connectivity index (χ1v) is 31.9. The van der Waals surface area contributed by atoms with Crippen LogP contribution in [0, 0.1) is 0 Å². The van der Waals surface area contributed by atoms with Crippen molar-refractivity contribution in [3.63, 3.8) is 0 Å². The van der Waals surface area contributed by atoms with Gasteiger partial charge >= 0.3 is 11.9 Å². The fraction of sp³-hybridized carbons (Fsp3) is 0.318. The number of carbonyl (C=O) groups excluding carboxylic acids is 11. The molecule has 0 aliphatic carbocycles. The molecule has 30 nitrogen and oxygen atoms in total. The number of benzene rings is 5. The van der Waals surface area contributed by atoms with Crippen LogP contribution in [0.4, 0.5) is 0 Å². The van der Waals surface area contributed by atoms with Crippen LogP contribution in [0.25, 0.3) is 10.9 Å². The molecule has 0 aliphatic heterocycles. The zero-order chi connectivity index (χ0) is 71.6. The van der Waals surface area contributed by atoms with Crippen LogP contribution in [0.5, 0.6) is 11.5 Å². The normalized spacial score (nSPS) is 14.1. The van der Waals surface area contributed by atoms with Crippen molar-refractivity contribution in [2.45, 2.75) is 118 Å². The molecule has 11 amide bonds. The van der Waals surface area contributed by atoms with Crippen molar-refractivity contribution in [2.24, 2.45) is 17.2 Å². The number of nitrogens with one attached hydrogen (secondary N) is 10. The molecule has 520 valence electrons. The number of hydrogen-bond donors (Lipinski definition) is 19. The highest BCUT2D eigenvalue weighted by Crippen LogP contribution is 2.21. The molecular weight excluding hydrogens is 1310 g/mol. The summed E-state index contributed by atoms with van der Waals surface area (Å²) in [7, 11) is 0. The van der Waals surface area contributed by atoms with Crippen LogP contribution < -0.4 is 65.1 Å². The molecule has 0 radical (unpaired) electrons. The molecule has 1 aromatic heterocycles. The van der Waals surface area contributed by atoms with Crippen molar-refractivity contribution in [3.05, 3.63) is 167 Å². The minimum Gasteiger partial charge on any atom is -0.508 e. The number of thiol groups is 2. The van der Waals surface area contributed by atoms with Crippen LogP contribution in [0.15, 0.2) is 140 Å². The molecule has 0 bridgehead atoms. The minimum absolute atomic E-state index is 0.0475. The number of nitrogens with two attached hydrogens (primary N) is 3. The molecule has 0 aliphatic rings. The molecular formula is C66H77N13O17S2. The number of H-pyrrole nitrogens is 1. The average Bonchev–Trinajstić information content (AvgIpc) is 1.61. The number of aromatic amines is 1. The highest BCUT2D eigenvalue weighted by Gasteiger charge is 2.37. The summed E-state index contributed by atoms with van der Waals surface area (Å²) in [6.07, 6.45) is -2.43. The smallest absolute Gasteiger partial charge is 0.326 e. The Morgan fingerprint density at radius 3 is 1.18 bits per heavy atom. The van der Waals surface area contributed by atoms with Crippen molar-refractivity contribution >= 4 is 113 Å². The second-order valence-corrected chi connectivity index (χ2v) is 23.5. The Morgan fingerprint density at radius 2 is 0.745 bits per heavy atom. The lowest BCUT2D eigenvalue weighted by Crippen LogP contribution is -2.61. The van der Waals surface area contributed by atoms with E-state index in [0.717, 1.165) is 5.56 Å². The first-order valence-electron chi connectivity index (χ1n) is 30.6. The van der Waals surface area contributed by atoms with Crippen molar-refractivity contribution < 1.29 is 82.8 Å². The number of hydrogen-bond acceptors (Lipinski definition) is 18. The fourth-order valence-corrected chi connectivity index (χ4v) is 10.6. The largest absolute Gasteiger partial charge is 0.508 e. The lowest BCUT2D eigenvalue weighted by Gasteiger charge is -2.28. The van der Waals surface area contributed by atoms with E-state index in [4.69, 9.17) is 17.2 Å². The third kappa shape index (κ3) is 24.0. The molecule has 1 heterocycles. The van der Waals surface area contributed by atoms with E-state index in [0.29, 0.717) is 33.2 Å². The van der Waals surface area contributed by atoms with E-state index in [1.807, 2.05) is 5.32 Å². The monoisotopic (exact) mass is 1390 g/mol. The Hall–Kier alpha value is -11.0. The van der Waals surface area contributed by atoms with E-state index < -0.39 is 175 Å². The summed E-state index contributed by atoms with van der Waals surface area (Å²) in [5, 5.41) is 61.9. The quantitative estimate of drug-likeness (QED) is 0.0193. The predicted molar refractivity (Wildman–Crippen MR) is 361 cm³/mol. The van der Waals surface area contributed by atoms with Gasteiger partial charge in [0.15, 0.2) is 0 Å². The molecule has 10 atom stereocenters. The summed E-state index contributed by atoms with van der Waals surface area (Å²) in [4.78, 5) is 180. The molecule has 0 saturated heterocycles. The molecule has 0 unspecified atom stereocenters. The van der Waals surface area contributed by atoms with Crippen LogP contribution in [-0.4, -0.2) is 174 Å². The van der Waals surface area contributed by atoms with Gasteiger partial charge < -0.3 is 90.5 Å². The maximum absolute atomic E-state index is 15.1. The summed E-state index contributed by atoms with van der Waals surface area (Å²) in [5.41, 5.74) is 20.4. The molecule has 6 aromatic rings. The van der Waals surface area contributed by atoms with Gasteiger partial charge in [0.2, 0.25) is 65.0 Å². The second kappa shape index (κ2) is 37.3. The summed E-state index contributed by atoms with van der Waals surface area (Å²) >= 11 is 8.38. The number of carboxylic acids is 2. The van der Waals surface area contributed by atoms with E-state index >= 15 is 9.59 Å². The Morgan fingerprint density at radius 1 is 0.388 bits per heavy atom. The lowest BCUT2D eigenvalue weighted by atomic mass is 10.00. The molecule has 0 saturated carbocycles. The predicted octanol–water partition coefficient (Wildman–Crippen LogP) is -1.66. The number of aromatic nitrogens is 1. The molecule has 5 aromatic carbocycles.